The third kappa shape index (κ3) is 326. The molecule has 0 amide bonds. The van der Waals surface area contributed by atoms with Gasteiger partial charge >= 0.3 is 102 Å². The van der Waals surface area contributed by atoms with Crippen LogP contribution in [0.5, 0.6) is 0 Å². The zero-order valence-electron chi connectivity index (χ0n) is 13.1. The van der Waals surface area contributed by atoms with Crippen molar-refractivity contribution < 1.29 is 92.2 Å². The largest absolute Gasteiger partial charge is 0.0622 e. The van der Waals surface area contributed by atoms with Crippen molar-refractivity contribution >= 4 is 0 Å². The van der Waals surface area contributed by atoms with Gasteiger partial charge in [-0.3, -0.25) is 0 Å². The minimum absolute atomic E-state index is 0. The van der Waals surface area contributed by atoms with Crippen LogP contribution >= 0.6 is 0 Å². The monoisotopic (exact) mass is 519 g/mol. The Morgan fingerprint density at radius 1 is 0.393 bits per heavy atom. The fourth-order valence-electron chi connectivity index (χ4n) is 0.453. The summed E-state index contributed by atoms with van der Waals surface area (Å²) in [5.41, 5.74) is 0.822. The van der Waals surface area contributed by atoms with E-state index < -0.39 is 0 Å². The van der Waals surface area contributed by atoms with E-state index in [9.17, 15) is 0 Å². The van der Waals surface area contributed by atoms with E-state index in [1.165, 1.54) is 0 Å². The van der Waals surface area contributed by atoms with Gasteiger partial charge in [-0.05, 0) is 12.5 Å². The molecule has 0 aromatic heterocycles. The smallest absolute Gasteiger partial charge is 0 e. The van der Waals surface area contributed by atoms with Gasteiger partial charge in [0.25, 0.3) is 0 Å². The molecule has 0 fully saturated rings. The third-order valence-electron chi connectivity index (χ3n) is 0.800. The van der Waals surface area contributed by atoms with Crippen molar-refractivity contribution in [3.63, 3.8) is 0 Å². The second kappa shape index (κ2) is 369. The summed E-state index contributed by atoms with van der Waals surface area (Å²) in [6, 6.07) is 9.49. The number of benzene rings is 1. The van der Waals surface area contributed by atoms with Crippen LogP contribution in [-0.2, 0) is 92.2 Å². The predicted octanol–water partition coefficient (Wildman–Crippen LogP) is 1.40. The first-order chi connectivity index (χ1) is 12.4. The zero-order chi connectivity index (χ0) is 23.1. The van der Waals surface area contributed by atoms with Crippen LogP contribution < -0.4 is 0 Å². The van der Waals surface area contributed by atoms with Gasteiger partial charge in [0, 0.05) is 50.3 Å². The Kier molecular flexibility index (Phi) is 1080. The van der Waals surface area contributed by atoms with Crippen LogP contribution in [0.3, 0.4) is 0 Å². The molecule has 12 heteroatoms. The third-order valence-corrected chi connectivity index (χ3v) is 0.800. The van der Waals surface area contributed by atoms with Crippen LogP contribution in [0.15, 0.2) is 30.3 Å². The topological polar surface area (TPSA) is 179 Å². The van der Waals surface area contributed by atoms with Gasteiger partial charge in [0.15, 0.2) is 0 Å². The molecule has 0 N–H and O–H groups in total. The van der Waals surface area contributed by atoms with Crippen molar-refractivity contribution in [3.05, 3.63) is 103 Å². The predicted molar refractivity (Wildman–Crippen MR) is 65.2 cm³/mol. The molecule has 0 saturated carbocycles. The summed E-state index contributed by atoms with van der Waals surface area (Å²) in [7, 11) is 0. The van der Waals surface area contributed by atoms with Crippen molar-refractivity contribution in [1.82, 2.24) is 0 Å². The van der Waals surface area contributed by atoms with Crippen LogP contribution in [0.4, 0.5) is 0 Å². The maximum atomic E-state index is 7.50. The van der Waals surface area contributed by atoms with E-state index in [1.807, 2.05) is 30.3 Å². The van der Waals surface area contributed by atoms with E-state index in [0.717, 1.165) is 5.56 Å². The molecule has 0 aliphatic rings. The maximum absolute atomic E-state index is 7.50. The molecule has 1 rings (SSSR count). The van der Waals surface area contributed by atoms with Crippen LogP contribution in [0.25, 0.3) is 0 Å². The average molecular weight is 519 g/mol. The number of rotatable bonds is 0. The molecule has 0 aliphatic carbocycles. The Balaban J connectivity index is -0.0000000109. The normalized spacial score (nSPS) is 2.82. The van der Waals surface area contributed by atoms with Crippen molar-refractivity contribution in [1.29, 1.82) is 0 Å². The van der Waals surface area contributed by atoms with Gasteiger partial charge in [0.2, 0.25) is 0 Å². The Morgan fingerprint density at radius 3 is 0.607 bits per heavy atom. The minimum atomic E-state index is 0. The average Bonchev–Trinajstić information content (AvgIpc) is 2.81. The van der Waals surface area contributed by atoms with Crippen LogP contribution in [-0.4, -0.2) is 0 Å². The molecule has 151 valence electrons. The standard InChI is InChI=1S/C7H6.9CO.3Co/c1-7-5-3-2-4-6-7;9*1-2;;;/h1-6H;;;;;;;;;;;;. The van der Waals surface area contributed by atoms with Crippen molar-refractivity contribution in [2.45, 2.75) is 0 Å². The summed E-state index contributed by atoms with van der Waals surface area (Å²) in [6.07, 6.45) is 0. The fraction of sp³-hybridized carbons (Fsp3) is 0. The summed E-state index contributed by atoms with van der Waals surface area (Å²) in [6.45, 7) is 45.9. The molecule has 9 nitrogen and oxygen atoms in total. The molecular formula is C16H6Co3O9. The maximum Gasteiger partial charge on any atom is 0 e. The van der Waals surface area contributed by atoms with E-state index in [4.69, 9.17) is 48.8 Å². The molecule has 5 radical (unpaired) electrons. The molecule has 0 heterocycles. The van der Waals surface area contributed by atoms with Crippen LogP contribution in [0.1, 0.15) is 5.56 Å². The summed E-state index contributed by atoms with van der Waals surface area (Å²) in [5, 5.41) is 0. The Hall–Kier alpha value is -1.60. The SMILES string of the molecule is [C-]#[O+].[C-]#[O+].[C-]#[O+].[C-]#[O+].[C-]#[O+].[C-]#[O+].[C-]#[O+].[C-]#[O+].[C-]#[O+].[CH]c1ccccc1.[Co].[Co].[Co]. The van der Waals surface area contributed by atoms with Gasteiger partial charge in [-0.1, -0.05) is 30.3 Å². The van der Waals surface area contributed by atoms with Gasteiger partial charge in [-0.2, -0.15) is 0 Å². The van der Waals surface area contributed by atoms with Gasteiger partial charge < -0.3 is 0 Å². The summed E-state index contributed by atoms with van der Waals surface area (Å²) >= 11 is 0. The van der Waals surface area contributed by atoms with Gasteiger partial charge in [-0.25, -0.2) is 0 Å². The van der Waals surface area contributed by atoms with Gasteiger partial charge in [-0.15, -0.1) is 0 Å². The molecule has 0 saturated heterocycles. The fourth-order valence-corrected chi connectivity index (χ4v) is 0.453. The Bertz CT molecular complexity index is 385. The molecule has 1 aromatic carbocycles. The van der Waals surface area contributed by atoms with Crippen molar-refractivity contribution in [3.8, 4) is 0 Å². The van der Waals surface area contributed by atoms with E-state index >= 15 is 0 Å². The number of hydrogen-bond acceptors (Lipinski definition) is 0. The van der Waals surface area contributed by atoms with E-state index in [0.29, 0.717) is 0 Å². The summed E-state index contributed by atoms with van der Waals surface area (Å²) in [5.74, 6) is 0. The quantitative estimate of drug-likeness (QED) is 0.356. The number of hydrogen-bond donors (Lipinski definition) is 0. The molecule has 0 spiro atoms. The summed E-state index contributed by atoms with van der Waals surface area (Å²) in [4.78, 5) is 0. The zero-order valence-corrected chi connectivity index (χ0v) is 16.3. The molecule has 1 aromatic rings. The van der Waals surface area contributed by atoms with Gasteiger partial charge in [0.1, 0.15) is 0 Å². The first kappa shape index (κ1) is 82.1. The minimum Gasteiger partial charge on any atom is -0.0622 e. The van der Waals surface area contributed by atoms with Crippen LogP contribution in [0, 0.1) is 66.8 Å². The molecular weight excluding hydrogens is 513 g/mol. The first-order valence-corrected chi connectivity index (χ1v) is 4.04. The first-order valence-electron chi connectivity index (χ1n) is 4.04. The Morgan fingerprint density at radius 2 is 0.536 bits per heavy atom. The molecule has 0 atom stereocenters. The molecule has 0 bridgehead atoms. The molecule has 0 aliphatic heterocycles. The van der Waals surface area contributed by atoms with Crippen LogP contribution in [0.2, 0.25) is 0 Å². The van der Waals surface area contributed by atoms with E-state index in [1.54, 1.807) is 0 Å². The Labute approximate surface area is 194 Å². The second-order valence-electron chi connectivity index (χ2n) is 1.41. The van der Waals surface area contributed by atoms with Crippen molar-refractivity contribution in [2.24, 2.45) is 0 Å². The van der Waals surface area contributed by atoms with Crippen molar-refractivity contribution in [2.75, 3.05) is 0 Å². The van der Waals surface area contributed by atoms with E-state index in [-0.39, 0.29) is 50.3 Å². The van der Waals surface area contributed by atoms with Gasteiger partial charge in [0.05, 0.1) is 0 Å². The summed E-state index contributed by atoms with van der Waals surface area (Å²) < 4.78 is 67.5. The molecule has 28 heavy (non-hydrogen) atoms. The second-order valence-corrected chi connectivity index (χ2v) is 1.41. The van der Waals surface area contributed by atoms with E-state index in [2.05, 4.69) is 59.9 Å². The molecule has 0 unspecified atom stereocenters.